The Kier molecular flexibility index (Phi) is 6.08. The lowest BCUT2D eigenvalue weighted by Gasteiger charge is -2.29. The van der Waals surface area contributed by atoms with Gasteiger partial charge in [0, 0.05) is 24.2 Å². The number of para-hydroxylation sites is 1. The van der Waals surface area contributed by atoms with Crippen LogP contribution in [0.3, 0.4) is 0 Å². The normalized spacial score (nSPS) is 18.0. The lowest BCUT2D eigenvalue weighted by Crippen LogP contribution is -2.37. The van der Waals surface area contributed by atoms with Crippen molar-refractivity contribution < 1.29 is 17.9 Å². The Morgan fingerprint density at radius 1 is 1.13 bits per heavy atom. The molecule has 2 heterocycles. The fourth-order valence-electron chi connectivity index (χ4n) is 4.23. The number of amides is 1. The molecule has 2 aromatic rings. The first-order valence-electron chi connectivity index (χ1n) is 10.3. The number of carbonyl (C=O) groups is 1. The van der Waals surface area contributed by atoms with Crippen molar-refractivity contribution >= 4 is 21.6 Å². The van der Waals surface area contributed by atoms with Crippen LogP contribution in [-0.4, -0.2) is 46.0 Å². The molecular weight excluding hydrogens is 402 g/mol. The Balaban J connectivity index is 1.56. The number of aryl methyl sites for hydroxylation is 1. The minimum atomic E-state index is -3.69. The van der Waals surface area contributed by atoms with E-state index in [1.807, 2.05) is 24.3 Å². The summed E-state index contributed by atoms with van der Waals surface area (Å²) >= 11 is 0. The predicted octanol–water partition coefficient (Wildman–Crippen LogP) is 2.70. The highest BCUT2D eigenvalue weighted by molar-refractivity contribution is 7.89. The van der Waals surface area contributed by atoms with E-state index in [0.29, 0.717) is 18.5 Å². The third-order valence-electron chi connectivity index (χ3n) is 5.83. The number of methoxy groups -OCH3 is 1. The quantitative estimate of drug-likeness (QED) is 0.707. The average molecular weight is 430 g/mol. The van der Waals surface area contributed by atoms with Gasteiger partial charge >= 0.3 is 0 Å². The minimum absolute atomic E-state index is 0.0403. The molecule has 4 rings (SSSR count). The fraction of sp³-hybridized carbons (Fsp3) is 0.409. The highest BCUT2D eigenvalue weighted by atomic mass is 32.2. The zero-order valence-corrected chi connectivity index (χ0v) is 17.9. The maximum atomic E-state index is 13.0. The second-order valence-electron chi connectivity index (χ2n) is 7.72. The second kappa shape index (κ2) is 8.75. The van der Waals surface area contributed by atoms with Crippen molar-refractivity contribution in [3.63, 3.8) is 0 Å². The van der Waals surface area contributed by atoms with Crippen LogP contribution in [0.25, 0.3) is 0 Å². The van der Waals surface area contributed by atoms with Gasteiger partial charge in [0.2, 0.25) is 15.9 Å². The van der Waals surface area contributed by atoms with E-state index in [2.05, 4.69) is 14.9 Å². The number of ether oxygens (including phenoxy) is 1. The number of hydrogen-bond donors (Lipinski definition) is 2. The van der Waals surface area contributed by atoms with Crippen molar-refractivity contribution in [2.24, 2.45) is 0 Å². The van der Waals surface area contributed by atoms with Crippen LogP contribution in [-0.2, 0) is 21.2 Å². The molecule has 1 unspecified atom stereocenters. The van der Waals surface area contributed by atoms with Crippen molar-refractivity contribution in [1.82, 2.24) is 9.62 Å². The van der Waals surface area contributed by atoms with E-state index in [1.54, 1.807) is 25.3 Å². The molecule has 8 heteroatoms. The number of likely N-dealkylation sites (tertiary alicyclic amines) is 1. The summed E-state index contributed by atoms with van der Waals surface area (Å²) in [6, 6.07) is 12.5. The molecule has 2 aliphatic rings. The van der Waals surface area contributed by atoms with E-state index in [0.717, 1.165) is 42.8 Å². The van der Waals surface area contributed by atoms with Crippen molar-refractivity contribution in [3.8, 4) is 5.75 Å². The Bertz CT molecular complexity index is 1030. The first-order chi connectivity index (χ1) is 14.5. The topological polar surface area (TPSA) is 87.7 Å². The first-order valence-corrected chi connectivity index (χ1v) is 11.8. The van der Waals surface area contributed by atoms with Crippen LogP contribution < -0.4 is 14.8 Å². The maximum Gasteiger partial charge on any atom is 0.240 e. The van der Waals surface area contributed by atoms with Crippen LogP contribution in [0.5, 0.6) is 5.75 Å². The molecule has 1 amide bonds. The van der Waals surface area contributed by atoms with E-state index < -0.39 is 10.0 Å². The molecule has 7 nitrogen and oxygen atoms in total. The summed E-state index contributed by atoms with van der Waals surface area (Å²) in [6.45, 7) is 2.13. The largest absolute Gasteiger partial charge is 0.496 e. The average Bonchev–Trinajstić information content (AvgIpc) is 3.28. The number of benzene rings is 2. The Morgan fingerprint density at radius 3 is 2.67 bits per heavy atom. The molecule has 0 radical (unpaired) electrons. The third kappa shape index (κ3) is 4.35. The van der Waals surface area contributed by atoms with Gasteiger partial charge in [0.1, 0.15) is 5.75 Å². The summed E-state index contributed by atoms with van der Waals surface area (Å²) in [5.74, 6) is 0.722. The molecule has 2 N–H and O–H groups in total. The van der Waals surface area contributed by atoms with Crippen LogP contribution in [0.15, 0.2) is 47.4 Å². The maximum absolute atomic E-state index is 13.0. The smallest absolute Gasteiger partial charge is 0.240 e. The van der Waals surface area contributed by atoms with Gasteiger partial charge in [-0.15, -0.1) is 0 Å². The van der Waals surface area contributed by atoms with Gasteiger partial charge < -0.3 is 10.1 Å². The number of nitrogens with one attached hydrogen (secondary N) is 2. The molecular formula is C22H27N3O4S. The molecule has 0 saturated carbocycles. The fourth-order valence-corrected chi connectivity index (χ4v) is 5.32. The lowest BCUT2D eigenvalue weighted by molar-refractivity contribution is -0.116. The summed E-state index contributed by atoms with van der Waals surface area (Å²) in [7, 11) is -2.05. The summed E-state index contributed by atoms with van der Waals surface area (Å²) < 4.78 is 34.4. The van der Waals surface area contributed by atoms with Gasteiger partial charge in [-0.3, -0.25) is 9.69 Å². The standard InChI is InChI=1S/C22H27N3O4S/c1-29-21-7-3-2-6-18(21)20(25-12-4-5-13-25)15-23-30(27,28)17-9-10-19-16(14-17)8-11-22(26)24-19/h2-3,6-7,9-10,14,20,23H,4-5,8,11-13,15H2,1H3,(H,24,26). The predicted molar refractivity (Wildman–Crippen MR) is 115 cm³/mol. The van der Waals surface area contributed by atoms with Gasteiger partial charge in [-0.2, -0.15) is 0 Å². The van der Waals surface area contributed by atoms with E-state index >= 15 is 0 Å². The van der Waals surface area contributed by atoms with E-state index in [9.17, 15) is 13.2 Å². The van der Waals surface area contributed by atoms with Gasteiger partial charge in [-0.25, -0.2) is 13.1 Å². The molecule has 30 heavy (non-hydrogen) atoms. The number of hydrogen-bond acceptors (Lipinski definition) is 5. The molecule has 2 aliphatic heterocycles. The van der Waals surface area contributed by atoms with Gasteiger partial charge in [0.05, 0.1) is 18.0 Å². The number of anilines is 1. The van der Waals surface area contributed by atoms with Crippen LogP contribution >= 0.6 is 0 Å². The molecule has 1 atom stereocenters. The number of nitrogens with zero attached hydrogens (tertiary/aromatic N) is 1. The lowest BCUT2D eigenvalue weighted by atomic mass is 10.0. The van der Waals surface area contributed by atoms with Gasteiger partial charge in [-0.05, 0) is 62.2 Å². The van der Waals surface area contributed by atoms with Crippen molar-refractivity contribution in [2.45, 2.75) is 36.6 Å². The van der Waals surface area contributed by atoms with Crippen LogP contribution in [0, 0.1) is 0 Å². The van der Waals surface area contributed by atoms with Crippen molar-refractivity contribution in [3.05, 3.63) is 53.6 Å². The highest BCUT2D eigenvalue weighted by Crippen LogP contribution is 2.32. The second-order valence-corrected chi connectivity index (χ2v) is 9.49. The van der Waals surface area contributed by atoms with Gasteiger partial charge in [0.15, 0.2) is 0 Å². The Labute approximate surface area is 177 Å². The number of fused-ring (bicyclic) bond motifs is 1. The van der Waals surface area contributed by atoms with Crippen LogP contribution in [0.4, 0.5) is 5.69 Å². The van der Waals surface area contributed by atoms with Crippen molar-refractivity contribution in [1.29, 1.82) is 0 Å². The molecule has 0 aromatic heterocycles. The summed E-state index contributed by atoms with van der Waals surface area (Å²) in [5.41, 5.74) is 2.52. The third-order valence-corrected chi connectivity index (χ3v) is 7.25. The number of sulfonamides is 1. The zero-order chi connectivity index (χ0) is 21.1. The summed E-state index contributed by atoms with van der Waals surface area (Å²) in [4.78, 5) is 14.1. The van der Waals surface area contributed by atoms with E-state index in [-0.39, 0.29) is 23.4 Å². The molecule has 1 fully saturated rings. The SMILES string of the molecule is COc1ccccc1C(CNS(=O)(=O)c1ccc2c(c1)CCC(=O)N2)N1CCCC1. The number of rotatable bonds is 7. The first kappa shape index (κ1) is 20.8. The van der Waals surface area contributed by atoms with E-state index in [1.165, 1.54) is 0 Å². The molecule has 1 saturated heterocycles. The monoisotopic (exact) mass is 429 g/mol. The molecule has 160 valence electrons. The van der Waals surface area contributed by atoms with Crippen LogP contribution in [0.2, 0.25) is 0 Å². The molecule has 0 aliphatic carbocycles. The minimum Gasteiger partial charge on any atom is -0.496 e. The number of carbonyl (C=O) groups excluding carboxylic acids is 1. The van der Waals surface area contributed by atoms with Gasteiger partial charge in [-0.1, -0.05) is 18.2 Å². The van der Waals surface area contributed by atoms with Crippen LogP contribution in [0.1, 0.15) is 36.4 Å². The Hall–Kier alpha value is -2.42. The van der Waals surface area contributed by atoms with Crippen molar-refractivity contribution in [2.75, 3.05) is 32.1 Å². The zero-order valence-electron chi connectivity index (χ0n) is 17.1. The molecule has 0 spiro atoms. The van der Waals surface area contributed by atoms with E-state index in [4.69, 9.17) is 4.74 Å². The summed E-state index contributed by atoms with van der Waals surface area (Å²) in [6.07, 6.45) is 3.13. The van der Waals surface area contributed by atoms with Gasteiger partial charge in [0.25, 0.3) is 0 Å². The highest BCUT2D eigenvalue weighted by Gasteiger charge is 2.28. The molecule has 2 aromatic carbocycles. The molecule has 0 bridgehead atoms. The Morgan fingerprint density at radius 2 is 1.90 bits per heavy atom. The summed E-state index contributed by atoms with van der Waals surface area (Å²) in [5, 5.41) is 2.79.